The molecule has 110 valence electrons. The summed E-state index contributed by atoms with van der Waals surface area (Å²) in [6.45, 7) is 3.60. The first-order chi connectivity index (χ1) is 9.06. The van der Waals surface area contributed by atoms with E-state index >= 15 is 0 Å². The van der Waals surface area contributed by atoms with Crippen molar-refractivity contribution >= 4 is 29.9 Å². The van der Waals surface area contributed by atoms with Gasteiger partial charge in [0.2, 0.25) is 0 Å². The lowest BCUT2D eigenvalue weighted by Gasteiger charge is -2.19. The first kappa shape index (κ1) is 15.6. The molecule has 3 nitrogen and oxygen atoms in total. The zero-order valence-corrected chi connectivity index (χ0v) is 13.1. The van der Waals surface area contributed by atoms with Crippen molar-refractivity contribution in [3.63, 3.8) is 0 Å². The Morgan fingerprint density at radius 2 is 2.10 bits per heavy atom. The second-order valence-corrected chi connectivity index (χ2v) is 6.25. The van der Waals surface area contributed by atoms with Crippen molar-refractivity contribution in [2.45, 2.75) is 25.8 Å². The maximum atomic E-state index is 12.5. The Bertz CT molecular complexity index is 521. The van der Waals surface area contributed by atoms with Gasteiger partial charge in [0.25, 0.3) is 5.91 Å². The van der Waals surface area contributed by atoms with Gasteiger partial charge in [-0.3, -0.25) is 4.79 Å². The summed E-state index contributed by atoms with van der Waals surface area (Å²) in [5, 5.41) is 0.705. The van der Waals surface area contributed by atoms with Crippen molar-refractivity contribution in [1.29, 1.82) is 0 Å². The quantitative estimate of drug-likeness (QED) is 0.866. The Labute approximate surface area is 130 Å². The molecule has 1 aliphatic heterocycles. The molecule has 3 unspecified atom stereocenters. The summed E-state index contributed by atoms with van der Waals surface area (Å²) in [6, 6.07) is 5.76. The third-order valence-electron chi connectivity index (χ3n) is 4.60. The van der Waals surface area contributed by atoms with E-state index in [1.807, 2.05) is 24.0 Å². The fourth-order valence-electron chi connectivity index (χ4n) is 3.43. The predicted molar refractivity (Wildman–Crippen MR) is 83.5 cm³/mol. The van der Waals surface area contributed by atoms with Gasteiger partial charge in [0.15, 0.2) is 0 Å². The summed E-state index contributed by atoms with van der Waals surface area (Å²) in [6.07, 6.45) is 2.27. The van der Waals surface area contributed by atoms with Gasteiger partial charge in [-0.2, -0.15) is 0 Å². The predicted octanol–water partition coefficient (Wildman–Crippen LogP) is 2.88. The van der Waals surface area contributed by atoms with Gasteiger partial charge in [0, 0.05) is 29.7 Å². The zero-order chi connectivity index (χ0) is 13.6. The van der Waals surface area contributed by atoms with Crippen LogP contribution in [0.15, 0.2) is 18.2 Å². The number of benzene rings is 1. The lowest BCUT2D eigenvalue weighted by molar-refractivity contribution is 0.0779. The zero-order valence-electron chi connectivity index (χ0n) is 11.5. The molecule has 20 heavy (non-hydrogen) atoms. The van der Waals surface area contributed by atoms with Crippen LogP contribution in [0.5, 0.6) is 0 Å². The van der Waals surface area contributed by atoms with Crippen LogP contribution in [0.25, 0.3) is 0 Å². The molecule has 2 aliphatic rings. The fourth-order valence-corrected chi connectivity index (χ4v) is 3.55. The minimum Gasteiger partial charge on any atom is -0.338 e. The minimum absolute atomic E-state index is 0. The molecule has 1 saturated carbocycles. The fraction of sp³-hybridized carbons (Fsp3) is 0.533. The summed E-state index contributed by atoms with van der Waals surface area (Å²) in [7, 11) is 0. The van der Waals surface area contributed by atoms with Gasteiger partial charge < -0.3 is 10.6 Å². The van der Waals surface area contributed by atoms with Crippen LogP contribution in [0.3, 0.4) is 0 Å². The standard InChI is InChI=1S/C15H19ClN2O.ClH/c1-9-6-10(2-4-13(9)16)15(19)18-7-11-3-5-14(17)12(11)8-18;/h2,4,6,11-12,14H,3,5,7-8,17H2,1H3;1H. The van der Waals surface area contributed by atoms with Gasteiger partial charge in [-0.15, -0.1) is 12.4 Å². The molecule has 1 saturated heterocycles. The monoisotopic (exact) mass is 314 g/mol. The smallest absolute Gasteiger partial charge is 0.253 e. The second kappa shape index (κ2) is 5.92. The van der Waals surface area contributed by atoms with Crippen molar-refractivity contribution in [2.75, 3.05) is 13.1 Å². The maximum Gasteiger partial charge on any atom is 0.253 e. The van der Waals surface area contributed by atoms with E-state index in [1.165, 1.54) is 0 Å². The summed E-state index contributed by atoms with van der Waals surface area (Å²) in [5.41, 5.74) is 7.79. The summed E-state index contributed by atoms with van der Waals surface area (Å²) in [4.78, 5) is 14.4. The lowest BCUT2D eigenvalue weighted by Crippen LogP contribution is -2.33. The number of likely N-dealkylation sites (tertiary alicyclic amines) is 1. The molecule has 0 spiro atoms. The third kappa shape index (κ3) is 2.67. The average Bonchev–Trinajstić information content (AvgIpc) is 2.95. The first-order valence-corrected chi connectivity index (χ1v) is 7.25. The highest BCUT2D eigenvalue weighted by atomic mass is 35.5. The molecule has 3 rings (SSSR count). The molecule has 1 heterocycles. The van der Waals surface area contributed by atoms with Gasteiger partial charge in [0.1, 0.15) is 0 Å². The van der Waals surface area contributed by atoms with Crippen molar-refractivity contribution in [3.8, 4) is 0 Å². The molecule has 1 aliphatic carbocycles. The number of rotatable bonds is 1. The topological polar surface area (TPSA) is 46.3 Å². The highest BCUT2D eigenvalue weighted by Gasteiger charge is 2.42. The van der Waals surface area contributed by atoms with Crippen molar-refractivity contribution in [1.82, 2.24) is 4.90 Å². The van der Waals surface area contributed by atoms with E-state index in [-0.39, 0.29) is 24.4 Å². The number of hydrogen-bond acceptors (Lipinski definition) is 2. The SMILES string of the molecule is Cc1cc(C(=O)N2CC3CCC(N)C3C2)ccc1Cl.Cl. The first-order valence-electron chi connectivity index (χ1n) is 6.87. The highest BCUT2D eigenvalue weighted by Crippen LogP contribution is 2.37. The molecule has 5 heteroatoms. The number of carbonyl (C=O) groups is 1. The van der Waals surface area contributed by atoms with E-state index in [1.54, 1.807) is 6.07 Å². The van der Waals surface area contributed by atoms with Crippen molar-refractivity contribution in [2.24, 2.45) is 17.6 Å². The largest absolute Gasteiger partial charge is 0.338 e. The molecule has 1 amide bonds. The Hall–Kier alpha value is -0.770. The Morgan fingerprint density at radius 3 is 2.75 bits per heavy atom. The second-order valence-electron chi connectivity index (χ2n) is 5.84. The van der Waals surface area contributed by atoms with Crippen LogP contribution in [0.1, 0.15) is 28.8 Å². The molecule has 2 N–H and O–H groups in total. The van der Waals surface area contributed by atoms with Crippen LogP contribution >= 0.6 is 24.0 Å². The Morgan fingerprint density at radius 1 is 1.35 bits per heavy atom. The number of halogens is 2. The molecule has 0 radical (unpaired) electrons. The summed E-state index contributed by atoms with van der Waals surface area (Å²) >= 11 is 6.00. The maximum absolute atomic E-state index is 12.5. The number of nitrogens with zero attached hydrogens (tertiary/aromatic N) is 1. The average molecular weight is 315 g/mol. The van der Waals surface area contributed by atoms with Crippen LogP contribution in [0.2, 0.25) is 5.02 Å². The molecule has 3 atom stereocenters. The number of fused-ring (bicyclic) bond motifs is 1. The van der Waals surface area contributed by atoms with Gasteiger partial charge in [-0.25, -0.2) is 0 Å². The molecule has 0 bridgehead atoms. The minimum atomic E-state index is 0. The molecule has 0 aromatic heterocycles. The van der Waals surface area contributed by atoms with Gasteiger partial charge in [0.05, 0.1) is 0 Å². The van der Waals surface area contributed by atoms with Crippen LogP contribution < -0.4 is 5.73 Å². The van der Waals surface area contributed by atoms with Crippen molar-refractivity contribution in [3.05, 3.63) is 34.3 Å². The van der Waals surface area contributed by atoms with Crippen LogP contribution in [0.4, 0.5) is 0 Å². The van der Waals surface area contributed by atoms with E-state index in [9.17, 15) is 4.79 Å². The van der Waals surface area contributed by atoms with E-state index in [0.29, 0.717) is 16.9 Å². The van der Waals surface area contributed by atoms with E-state index in [4.69, 9.17) is 17.3 Å². The molecular formula is C15H20Cl2N2O. The number of nitrogens with two attached hydrogens (primary N) is 1. The van der Waals surface area contributed by atoms with E-state index in [2.05, 4.69) is 0 Å². The molecule has 1 aromatic rings. The molecular weight excluding hydrogens is 295 g/mol. The Balaban J connectivity index is 0.00000147. The van der Waals surface area contributed by atoms with Crippen LogP contribution in [-0.4, -0.2) is 29.9 Å². The van der Waals surface area contributed by atoms with E-state index in [0.717, 1.165) is 37.1 Å². The number of aryl methyl sites for hydroxylation is 1. The Kier molecular flexibility index (Phi) is 4.62. The molecule has 2 fully saturated rings. The summed E-state index contributed by atoms with van der Waals surface area (Å²) < 4.78 is 0. The lowest BCUT2D eigenvalue weighted by atomic mass is 9.98. The highest BCUT2D eigenvalue weighted by molar-refractivity contribution is 6.31. The van der Waals surface area contributed by atoms with Gasteiger partial charge >= 0.3 is 0 Å². The third-order valence-corrected chi connectivity index (χ3v) is 5.03. The molecule has 1 aromatic carbocycles. The summed E-state index contributed by atoms with van der Waals surface area (Å²) in [5.74, 6) is 1.21. The van der Waals surface area contributed by atoms with Crippen LogP contribution in [0, 0.1) is 18.8 Å². The van der Waals surface area contributed by atoms with Crippen LogP contribution in [-0.2, 0) is 0 Å². The van der Waals surface area contributed by atoms with Gasteiger partial charge in [-0.05, 0) is 55.4 Å². The normalized spacial score (nSPS) is 28.1. The van der Waals surface area contributed by atoms with E-state index < -0.39 is 0 Å². The number of amides is 1. The van der Waals surface area contributed by atoms with Crippen molar-refractivity contribution < 1.29 is 4.79 Å². The van der Waals surface area contributed by atoms with Gasteiger partial charge in [-0.1, -0.05) is 11.6 Å². The number of carbonyl (C=O) groups excluding carboxylic acids is 1. The number of hydrogen-bond donors (Lipinski definition) is 1.